The highest BCUT2D eigenvalue weighted by Crippen LogP contribution is 2.08. The van der Waals surface area contributed by atoms with E-state index in [1.54, 1.807) is 6.20 Å². The van der Waals surface area contributed by atoms with E-state index in [0.717, 1.165) is 5.13 Å². The molecule has 0 radical (unpaired) electrons. The molecule has 0 saturated carbocycles. The highest BCUT2D eigenvalue weighted by molar-refractivity contribution is 7.13. The lowest BCUT2D eigenvalue weighted by molar-refractivity contribution is -0.119. The smallest absolute Gasteiger partial charge is 0.239 e. The summed E-state index contributed by atoms with van der Waals surface area (Å²) in [5.41, 5.74) is 0. The van der Waals surface area contributed by atoms with Crippen molar-refractivity contribution in [3.8, 4) is 0 Å². The van der Waals surface area contributed by atoms with Crippen molar-refractivity contribution in [3.05, 3.63) is 11.6 Å². The van der Waals surface area contributed by atoms with Gasteiger partial charge in [-0.25, -0.2) is 4.98 Å². The molecular weight excluding hydrogens is 174 g/mol. The summed E-state index contributed by atoms with van der Waals surface area (Å²) in [5.74, 6) is -0.00676. The molecule has 0 aromatic carbocycles. The van der Waals surface area contributed by atoms with Gasteiger partial charge in [-0.1, -0.05) is 0 Å². The molecule has 4 nitrogen and oxygen atoms in total. The average Bonchev–Trinajstić information content (AvgIpc) is 2.53. The van der Waals surface area contributed by atoms with Crippen LogP contribution in [0.25, 0.3) is 0 Å². The maximum atomic E-state index is 10.9. The van der Waals surface area contributed by atoms with Crippen molar-refractivity contribution < 1.29 is 4.79 Å². The molecule has 0 saturated heterocycles. The Bertz CT molecular complexity index is 235. The molecule has 0 spiro atoms. The van der Waals surface area contributed by atoms with E-state index in [2.05, 4.69) is 15.6 Å². The molecule has 0 aliphatic heterocycles. The molecule has 5 heteroatoms. The quantitative estimate of drug-likeness (QED) is 0.725. The number of hydrogen-bond acceptors (Lipinski definition) is 4. The van der Waals surface area contributed by atoms with Gasteiger partial charge in [-0.15, -0.1) is 11.3 Å². The van der Waals surface area contributed by atoms with Crippen molar-refractivity contribution >= 4 is 22.4 Å². The summed E-state index contributed by atoms with van der Waals surface area (Å²) in [6, 6.07) is 0. The third-order valence-corrected chi connectivity index (χ3v) is 1.94. The standard InChI is InChI=1S/C7H11N3OS/c1-2-8-6(11)5-10-7-9-3-4-12-7/h3-4H,2,5H2,1H3,(H,8,11)(H,9,10). The van der Waals surface area contributed by atoms with Crippen LogP contribution >= 0.6 is 11.3 Å². The zero-order valence-electron chi connectivity index (χ0n) is 6.83. The molecule has 0 aliphatic rings. The number of nitrogens with one attached hydrogen (secondary N) is 2. The van der Waals surface area contributed by atoms with Gasteiger partial charge in [0.1, 0.15) is 0 Å². The second-order valence-electron chi connectivity index (χ2n) is 2.14. The van der Waals surface area contributed by atoms with Gasteiger partial charge in [-0.3, -0.25) is 4.79 Å². The van der Waals surface area contributed by atoms with E-state index in [-0.39, 0.29) is 5.91 Å². The Morgan fingerprint density at radius 1 is 1.75 bits per heavy atom. The van der Waals surface area contributed by atoms with Crippen molar-refractivity contribution in [2.75, 3.05) is 18.4 Å². The number of thiazole rings is 1. The molecule has 1 heterocycles. The maximum Gasteiger partial charge on any atom is 0.239 e. The monoisotopic (exact) mass is 185 g/mol. The fourth-order valence-corrected chi connectivity index (χ4v) is 1.25. The van der Waals surface area contributed by atoms with E-state index in [1.807, 2.05) is 12.3 Å². The second-order valence-corrected chi connectivity index (χ2v) is 3.04. The third-order valence-electron chi connectivity index (χ3n) is 1.21. The Balaban J connectivity index is 2.22. The first-order valence-electron chi connectivity index (χ1n) is 3.73. The van der Waals surface area contributed by atoms with E-state index in [0.29, 0.717) is 13.1 Å². The Hall–Kier alpha value is -1.10. The molecule has 12 heavy (non-hydrogen) atoms. The predicted octanol–water partition coefficient (Wildman–Crippen LogP) is 0.691. The first kappa shape index (κ1) is 8.99. The van der Waals surface area contributed by atoms with Crippen molar-refractivity contribution in [1.82, 2.24) is 10.3 Å². The first-order valence-corrected chi connectivity index (χ1v) is 4.61. The molecule has 0 unspecified atom stereocenters. The largest absolute Gasteiger partial charge is 0.355 e. The molecule has 1 aromatic heterocycles. The van der Waals surface area contributed by atoms with Gasteiger partial charge in [0.15, 0.2) is 5.13 Å². The van der Waals surface area contributed by atoms with Crippen molar-refractivity contribution in [3.63, 3.8) is 0 Å². The molecular formula is C7H11N3OS. The van der Waals surface area contributed by atoms with Crippen LogP contribution in [0.15, 0.2) is 11.6 Å². The number of nitrogens with zero attached hydrogens (tertiary/aromatic N) is 1. The molecule has 2 N–H and O–H groups in total. The van der Waals surface area contributed by atoms with Gasteiger partial charge in [-0.05, 0) is 6.92 Å². The fourth-order valence-electron chi connectivity index (χ4n) is 0.726. The zero-order valence-corrected chi connectivity index (χ0v) is 7.65. The Labute approximate surface area is 75.0 Å². The van der Waals surface area contributed by atoms with Gasteiger partial charge < -0.3 is 10.6 Å². The van der Waals surface area contributed by atoms with Crippen LogP contribution in [-0.2, 0) is 4.79 Å². The number of carbonyl (C=O) groups is 1. The summed E-state index contributed by atoms with van der Waals surface area (Å²) in [5, 5.41) is 8.23. The molecule has 66 valence electrons. The average molecular weight is 185 g/mol. The minimum Gasteiger partial charge on any atom is -0.355 e. The summed E-state index contributed by atoms with van der Waals surface area (Å²) in [6.07, 6.45) is 1.70. The van der Waals surface area contributed by atoms with E-state index < -0.39 is 0 Å². The molecule has 1 aromatic rings. The molecule has 0 aliphatic carbocycles. The Morgan fingerprint density at radius 2 is 2.58 bits per heavy atom. The van der Waals surface area contributed by atoms with E-state index >= 15 is 0 Å². The number of likely N-dealkylation sites (N-methyl/N-ethyl adjacent to an activating group) is 1. The van der Waals surface area contributed by atoms with Crippen LogP contribution in [0.5, 0.6) is 0 Å². The van der Waals surface area contributed by atoms with E-state index in [4.69, 9.17) is 0 Å². The fraction of sp³-hybridized carbons (Fsp3) is 0.429. The van der Waals surface area contributed by atoms with Crippen molar-refractivity contribution in [2.24, 2.45) is 0 Å². The number of amides is 1. The van der Waals surface area contributed by atoms with Crippen LogP contribution in [0.2, 0.25) is 0 Å². The molecule has 0 bridgehead atoms. The van der Waals surface area contributed by atoms with Gasteiger partial charge in [0.05, 0.1) is 6.54 Å². The summed E-state index contributed by atoms with van der Waals surface area (Å²) < 4.78 is 0. The number of rotatable bonds is 4. The van der Waals surface area contributed by atoms with Crippen LogP contribution in [0.4, 0.5) is 5.13 Å². The van der Waals surface area contributed by atoms with Crippen LogP contribution in [0.1, 0.15) is 6.92 Å². The highest BCUT2D eigenvalue weighted by atomic mass is 32.1. The SMILES string of the molecule is CCNC(=O)CNc1nccs1. The number of aromatic nitrogens is 1. The number of anilines is 1. The van der Waals surface area contributed by atoms with Gasteiger partial charge in [0, 0.05) is 18.1 Å². The van der Waals surface area contributed by atoms with Gasteiger partial charge in [-0.2, -0.15) is 0 Å². The minimum atomic E-state index is -0.00676. The summed E-state index contributed by atoms with van der Waals surface area (Å²) in [7, 11) is 0. The summed E-state index contributed by atoms with van der Waals surface area (Å²) >= 11 is 1.48. The Kier molecular flexibility index (Phi) is 3.53. The molecule has 0 atom stereocenters. The van der Waals surface area contributed by atoms with Gasteiger partial charge in [0.25, 0.3) is 0 Å². The van der Waals surface area contributed by atoms with Crippen LogP contribution in [0, 0.1) is 0 Å². The van der Waals surface area contributed by atoms with Crippen molar-refractivity contribution in [1.29, 1.82) is 0 Å². The first-order chi connectivity index (χ1) is 5.83. The van der Waals surface area contributed by atoms with Gasteiger partial charge >= 0.3 is 0 Å². The highest BCUT2D eigenvalue weighted by Gasteiger charge is 1.99. The minimum absolute atomic E-state index is 0.00676. The number of hydrogen-bond donors (Lipinski definition) is 2. The Morgan fingerprint density at radius 3 is 3.17 bits per heavy atom. The molecule has 1 rings (SSSR count). The molecule has 0 fully saturated rings. The number of carbonyl (C=O) groups excluding carboxylic acids is 1. The summed E-state index contributed by atoms with van der Waals surface area (Å²) in [4.78, 5) is 14.9. The van der Waals surface area contributed by atoms with Crippen LogP contribution in [0.3, 0.4) is 0 Å². The van der Waals surface area contributed by atoms with E-state index in [9.17, 15) is 4.79 Å². The third kappa shape index (κ3) is 2.87. The summed E-state index contributed by atoms with van der Waals surface area (Å²) in [6.45, 7) is 2.85. The predicted molar refractivity (Wildman–Crippen MR) is 49.3 cm³/mol. The van der Waals surface area contributed by atoms with Crippen LogP contribution < -0.4 is 10.6 Å². The molecule has 1 amide bonds. The lowest BCUT2D eigenvalue weighted by Gasteiger charge is -2.01. The lowest BCUT2D eigenvalue weighted by atomic mass is 10.5. The normalized spacial score (nSPS) is 9.42. The topological polar surface area (TPSA) is 54.0 Å². The van der Waals surface area contributed by atoms with Crippen LogP contribution in [-0.4, -0.2) is 24.0 Å². The van der Waals surface area contributed by atoms with Crippen molar-refractivity contribution in [2.45, 2.75) is 6.92 Å². The second kappa shape index (κ2) is 4.71. The van der Waals surface area contributed by atoms with E-state index in [1.165, 1.54) is 11.3 Å². The maximum absolute atomic E-state index is 10.9. The zero-order chi connectivity index (χ0) is 8.81. The van der Waals surface area contributed by atoms with Gasteiger partial charge in [0.2, 0.25) is 5.91 Å². The lowest BCUT2D eigenvalue weighted by Crippen LogP contribution is -2.29.